The molecule has 0 bridgehead atoms. The molecule has 0 aromatic carbocycles. The quantitative estimate of drug-likeness (QED) is 0.747. The van der Waals surface area contributed by atoms with Crippen LogP contribution in [-0.4, -0.2) is 75.4 Å². The summed E-state index contributed by atoms with van der Waals surface area (Å²) >= 11 is 1.88. The number of hydrogen-bond acceptors (Lipinski definition) is 7. The Balaban J connectivity index is 0.000000339. The molecule has 2 aromatic rings. The van der Waals surface area contributed by atoms with E-state index in [1.54, 1.807) is 12.7 Å². The van der Waals surface area contributed by atoms with Gasteiger partial charge in [0, 0.05) is 41.9 Å². The van der Waals surface area contributed by atoms with Crippen LogP contribution in [0.3, 0.4) is 0 Å². The van der Waals surface area contributed by atoms with E-state index in [1.807, 2.05) is 15.9 Å². The number of aliphatic carboxylic acids is 1. The lowest BCUT2D eigenvalue weighted by Crippen LogP contribution is -2.43. The maximum Gasteiger partial charge on any atom is 0.490 e. The highest BCUT2D eigenvalue weighted by atomic mass is 32.1. The van der Waals surface area contributed by atoms with Crippen LogP contribution < -0.4 is 0 Å². The Bertz CT molecular complexity index is 846. The zero-order valence-electron chi connectivity index (χ0n) is 17.0. The number of rotatable bonds is 4. The van der Waals surface area contributed by atoms with Gasteiger partial charge in [-0.25, -0.2) is 4.79 Å². The smallest absolute Gasteiger partial charge is 0.475 e. The zero-order chi connectivity index (χ0) is 22.5. The molecule has 2 aliphatic heterocycles. The van der Waals surface area contributed by atoms with Crippen molar-refractivity contribution >= 4 is 17.3 Å². The van der Waals surface area contributed by atoms with Crippen molar-refractivity contribution in [1.82, 2.24) is 19.7 Å². The molecule has 2 unspecified atom stereocenters. The van der Waals surface area contributed by atoms with Crippen LogP contribution in [0.2, 0.25) is 0 Å². The minimum Gasteiger partial charge on any atom is -0.475 e. The second-order valence-electron chi connectivity index (χ2n) is 7.80. The first-order valence-corrected chi connectivity index (χ1v) is 10.6. The fourth-order valence-electron chi connectivity index (χ4n) is 3.79. The van der Waals surface area contributed by atoms with Crippen LogP contribution in [-0.2, 0) is 27.4 Å². The lowest BCUT2D eigenvalue weighted by Gasteiger charge is -2.31. The Morgan fingerprint density at radius 1 is 1.35 bits per heavy atom. The number of ether oxygens (including phenoxy) is 2. The number of alkyl halides is 3. The number of carboxylic acids is 1. The molecule has 0 amide bonds. The van der Waals surface area contributed by atoms with Gasteiger partial charge in [-0.05, 0) is 25.5 Å². The standard InChI is InChI=1S/C17H24N4O2S.C2HF3O2/c1-14-2-3-16(24-14)8-20-4-5-22-11-17(10-20)6-15(9-23-17)7-21-12-18-19-13-21;3-2(4,5)1(6)7/h2-3,12-13,15H,4-11H2,1H3;(H,6,7). The minimum absolute atomic E-state index is 0.165. The van der Waals surface area contributed by atoms with Crippen LogP contribution >= 0.6 is 11.3 Å². The van der Waals surface area contributed by atoms with Gasteiger partial charge < -0.3 is 19.1 Å². The fourth-order valence-corrected chi connectivity index (χ4v) is 4.72. The molecule has 0 radical (unpaired) electrons. The number of aromatic nitrogens is 3. The van der Waals surface area contributed by atoms with Crippen molar-refractivity contribution in [2.24, 2.45) is 5.92 Å². The summed E-state index contributed by atoms with van der Waals surface area (Å²) in [5.74, 6) is -2.26. The molecule has 2 fully saturated rings. The van der Waals surface area contributed by atoms with E-state index in [0.29, 0.717) is 12.5 Å². The van der Waals surface area contributed by atoms with Gasteiger partial charge in [0.05, 0.1) is 19.8 Å². The van der Waals surface area contributed by atoms with Gasteiger partial charge in [0.2, 0.25) is 0 Å². The number of nitrogens with zero attached hydrogens (tertiary/aromatic N) is 4. The summed E-state index contributed by atoms with van der Waals surface area (Å²) in [5, 5.41) is 14.9. The Labute approximate surface area is 181 Å². The van der Waals surface area contributed by atoms with Gasteiger partial charge in [-0.15, -0.1) is 21.5 Å². The van der Waals surface area contributed by atoms with Gasteiger partial charge in [-0.1, -0.05) is 0 Å². The van der Waals surface area contributed by atoms with E-state index < -0.39 is 12.1 Å². The van der Waals surface area contributed by atoms with E-state index in [4.69, 9.17) is 19.4 Å². The maximum atomic E-state index is 10.6. The van der Waals surface area contributed by atoms with Crippen LogP contribution in [0.1, 0.15) is 16.2 Å². The van der Waals surface area contributed by atoms with Crippen LogP contribution in [0.15, 0.2) is 24.8 Å². The molecule has 0 saturated carbocycles. The Morgan fingerprint density at radius 2 is 2.06 bits per heavy atom. The summed E-state index contributed by atoms with van der Waals surface area (Å²) in [6.45, 7) is 8.25. The number of carboxylic acid groups (broad SMARTS) is 1. The molecule has 0 aliphatic carbocycles. The second kappa shape index (κ2) is 10.1. The predicted molar refractivity (Wildman–Crippen MR) is 106 cm³/mol. The van der Waals surface area contributed by atoms with Crippen LogP contribution in [0.25, 0.3) is 0 Å². The van der Waals surface area contributed by atoms with Gasteiger partial charge in [-0.2, -0.15) is 13.2 Å². The lowest BCUT2D eigenvalue weighted by molar-refractivity contribution is -0.192. The van der Waals surface area contributed by atoms with Crippen LogP contribution in [0.5, 0.6) is 0 Å². The maximum absolute atomic E-state index is 10.6. The summed E-state index contributed by atoms with van der Waals surface area (Å²) in [6.07, 6.45) is -0.495. The van der Waals surface area contributed by atoms with Gasteiger partial charge in [0.15, 0.2) is 0 Å². The minimum atomic E-state index is -5.08. The van der Waals surface area contributed by atoms with Crippen molar-refractivity contribution in [1.29, 1.82) is 0 Å². The first-order valence-electron chi connectivity index (χ1n) is 9.77. The van der Waals surface area contributed by atoms with E-state index in [2.05, 4.69) is 34.2 Å². The number of hydrogen-bond donors (Lipinski definition) is 1. The van der Waals surface area contributed by atoms with E-state index >= 15 is 0 Å². The molecule has 8 nitrogen and oxygen atoms in total. The third-order valence-electron chi connectivity index (χ3n) is 5.07. The molecule has 2 atom stereocenters. The highest BCUT2D eigenvalue weighted by molar-refractivity contribution is 7.11. The molecule has 12 heteroatoms. The molecule has 4 heterocycles. The zero-order valence-corrected chi connectivity index (χ0v) is 17.9. The molecule has 2 saturated heterocycles. The molecular formula is C19H25F3N4O4S. The van der Waals surface area contributed by atoms with Crippen molar-refractivity contribution in [3.8, 4) is 0 Å². The SMILES string of the molecule is Cc1ccc(CN2CCOCC3(CC(Cn4cnnc4)CO3)C2)s1.O=C(O)C(F)(F)F. The molecular weight excluding hydrogens is 437 g/mol. The van der Waals surface area contributed by atoms with E-state index in [9.17, 15) is 13.2 Å². The topological polar surface area (TPSA) is 89.7 Å². The number of thiophene rings is 1. The number of halogens is 3. The summed E-state index contributed by atoms with van der Waals surface area (Å²) < 4.78 is 45.9. The van der Waals surface area contributed by atoms with Crippen molar-refractivity contribution in [3.05, 3.63) is 34.5 Å². The number of carbonyl (C=O) groups is 1. The molecule has 1 N–H and O–H groups in total. The molecule has 4 rings (SSSR count). The summed E-state index contributed by atoms with van der Waals surface area (Å²) in [6, 6.07) is 4.44. The fraction of sp³-hybridized carbons (Fsp3) is 0.632. The summed E-state index contributed by atoms with van der Waals surface area (Å²) in [4.78, 5) is 14.2. The Hall–Kier alpha value is -2.02. The van der Waals surface area contributed by atoms with Gasteiger partial charge in [-0.3, -0.25) is 4.90 Å². The van der Waals surface area contributed by atoms with Crippen molar-refractivity contribution in [2.75, 3.05) is 32.9 Å². The van der Waals surface area contributed by atoms with E-state index in [0.717, 1.165) is 45.8 Å². The molecule has 31 heavy (non-hydrogen) atoms. The first kappa shape index (κ1) is 23.6. The van der Waals surface area contributed by atoms with Crippen molar-refractivity contribution in [2.45, 2.75) is 38.2 Å². The normalized spacial score (nSPS) is 24.6. The largest absolute Gasteiger partial charge is 0.490 e. The van der Waals surface area contributed by atoms with Gasteiger partial charge >= 0.3 is 12.1 Å². The Kier molecular flexibility index (Phi) is 7.68. The van der Waals surface area contributed by atoms with E-state index in [-0.39, 0.29) is 5.60 Å². The summed E-state index contributed by atoms with van der Waals surface area (Å²) in [5.41, 5.74) is -0.165. The second-order valence-corrected chi connectivity index (χ2v) is 9.17. The lowest BCUT2D eigenvalue weighted by atomic mass is 9.94. The summed E-state index contributed by atoms with van der Waals surface area (Å²) in [7, 11) is 0. The van der Waals surface area contributed by atoms with Crippen LogP contribution in [0.4, 0.5) is 13.2 Å². The first-order chi connectivity index (χ1) is 14.7. The molecule has 172 valence electrons. The van der Waals surface area contributed by atoms with Crippen molar-refractivity contribution < 1.29 is 32.5 Å². The Morgan fingerprint density at radius 3 is 2.68 bits per heavy atom. The third kappa shape index (κ3) is 6.99. The highest BCUT2D eigenvalue weighted by Gasteiger charge is 2.43. The average molecular weight is 462 g/mol. The predicted octanol–water partition coefficient (Wildman–Crippen LogP) is 2.59. The number of aryl methyl sites for hydroxylation is 1. The molecule has 1 spiro atoms. The molecule has 2 aliphatic rings. The average Bonchev–Trinajstić information content (AvgIpc) is 3.39. The van der Waals surface area contributed by atoms with Gasteiger partial charge in [0.1, 0.15) is 18.3 Å². The highest BCUT2D eigenvalue weighted by Crippen LogP contribution is 2.34. The monoisotopic (exact) mass is 462 g/mol. The van der Waals surface area contributed by atoms with Crippen molar-refractivity contribution in [3.63, 3.8) is 0 Å². The van der Waals surface area contributed by atoms with Gasteiger partial charge in [0.25, 0.3) is 0 Å². The van der Waals surface area contributed by atoms with E-state index in [1.165, 1.54) is 9.75 Å². The molecule has 2 aromatic heterocycles. The van der Waals surface area contributed by atoms with Crippen LogP contribution in [0, 0.1) is 12.8 Å². The third-order valence-corrected chi connectivity index (χ3v) is 6.05.